The Labute approximate surface area is 136 Å². The number of hydrogen-bond donors (Lipinski definition) is 1. The molecule has 126 valence electrons. The van der Waals surface area contributed by atoms with E-state index in [9.17, 15) is 4.79 Å². The number of rotatable bonds is 9. The van der Waals surface area contributed by atoms with E-state index in [0.717, 1.165) is 32.4 Å². The second-order valence-corrected chi connectivity index (χ2v) is 6.50. The van der Waals surface area contributed by atoms with E-state index in [0.29, 0.717) is 18.6 Å². The van der Waals surface area contributed by atoms with Crippen molar-refractivity contribution in [3.8, 4) is 0 Å². The van der Waals surface area contributed by atoms with Crippen LogP contribution in [0.3, 0.4) is 0 Å². The minimum absolute atomic E-state index is 0. The number of nitrogens with zero attached hydrogens (tertiary/aromatic N) is 1. The summed E-state index contributed by atoms with van der Waals surface area (Å²) < 4.78 is 5.94. The molecule has 0 aromatic carbocycles. The normalized spacial score (nSPS) is 23.1. The lowest BCUT2D eigenvalue weighted by Gasteiger charge is -2.55. The molecule has 1 aliphatic rings. The first kappa shape index (κ1) is 20.7. The number of ether oxygens (including phenoxy) is 1. The summed E-state index contributed by atoms with van der Waals surface area (Å²) in [5.74, 6) is 0.255. The van der Waals surface area contributed by atoms with Crippen LogP contribution < -0.4 is 5.32 Å². The summed E-state index contributed by atoms with van der Waals surface area (Å²) in [6.45, 7) is 8.35. The Morgan fingerprint density at radius 3 is 2.57 bits per heavy atom. The van der Waals surface area contributed by atoms with Gasteiger partial charge in [-0.05, 0) is 32.9 Å². The Balaban J connectivity index is 0.00000400. The van der Waals surface area contributed by atoms with Gasteiger partial charge >= 0.3 is 0 Å². The van der Waals surface area contributed by atoms with Crippen LogP contribution in [0.5, 0.6) is 0 Å². The van der Waals surface area contributed by atoms with Gasteiger partial charge in [-0.25, -0.2) is 0 Å². The molecule has 5 heteroatoms. The molecule has 0 saturated heterocycles. The van der Waals surface area contributed by atoms with Crippen LogP contribution in [-0.2, 0) is 9.53 Å². The Kier molecular flexibility index (Phi) is 9.50. The average Bonchev–Trinajstić information content (AvgIpc) is 2.41. The largest absolute Gasteiger partial charge is 0.378 e. The zero-order valence-corrected chi connectivity index (χ0v) is 15.1. The number of halogens is 1. The molecule has 0 aromatic rings. The highest BCUT2D eigenvalue weighted by atomic mass is 35.5. The number of carbonyl (C=O) groups excluding carboxylic acids is 1. The zero-order valence-electron chi connectivity index (χ0n) is 14.3. The molecule has 4 nitrogen and oxygen atoms in total. The van der Waals surface area contributed by atoms with Crippen molar-refractivity contribution >= 4 is 18.3 Å². The maximum absolute atomic E-state index is 12.2. The monoisotopic (exact) mass is 320 g/mol. The molecule has 1 rings (SSSR count). The standard InChI is InChI=1S/C16H32N2O2.ClH/c1-6-7-11-20-14-12-13(16(14,2)3)18(5)15(19)9-8-10-17-4;/h13-14,17H,6-12H2,1-5H3;1H. The van der Waals surface area contributed by atoms with E-state index in [-0.39, 0.29) is 23.7 Å². The molecule has 21 heavy (non-hydrogen) atoms. The summed E-state index contributed by atoms with van der Waals surface area (Å²) in [4.78, 5) is 14.1. The smallest absolute Gasteiger partial charge is 0.222 e. The predicted octanol–water partition coefficient (Wildman–Crippen LogP) is 2.85. The summed E-state index contributed by atoms with van der Waals surface area (Å²) in [6, 6.07) is 0.316. The van der Waals surface area contributed by atoms with Crippen LogP contribution in [0.25, 0.3) is 0 Å². The molecule has 2 atom stereocenters. The molecule has 1 N–H and O–H groups in total. The van der Waals surface area contributed by atoms with Gasteiger partial charge in [-0.1, -0.05) is 27.2 Å². The first-order valence-electron chi connectivity index (χ1n) is 7.97. The topological polar surface area (TPSA) is 41.6 Å². The molecular weight excluding hydrogens is 288 g/mol. The lowest BCUT2D eigenvalue weighted by atomic mass is 9.63. The molecule has 1 saturated carbocycles. The van der Waals surface area contributed by atoms with Crippen molar-refractivity contribution in [3.63, 3.8) is 0 Å². The van der Waals surface area contributed by atoms with Crippen molar-refractivity contribution in [2.24, 2.45) is 5.41 Å². The van der Waals surface area contributed by atoms with Gasteiger partial charge in [0.1, 0.15) is 0 Å². The van der Waals surface area contributed by atoms with Crippen LogP contribution in [0, 0.1) is 5.41 Å². The van der Waals surface area contributed by atoms with E-state index < -0.39 is 0 Å². The van der Waals surface area contributed by atoms with Crippen LogP contribution in [0.15, 0.2) is 0 Å². The van der Waals surface area contributed by atoms with Crippen molar-refractivity contribution in [2.75, 3.05) is 27.2 Å². The number of hydrogen-bond acceptors (Lipinski definition) is 3. The molecule has 0 bridgehead atoms. The van der Waals surface area contributed by atoms with Gasteiger partial charge in [-0.2, -0.15) is 0 Å². The van der Waals surface area contributed by atoms with Crippen LogP contribution >= 0.6 is 12.4 Å². The fraction of sp³-hybridized carbons (Fsp3) is 0.938. The van der Waals surface area contributed by atoms with Crippen LogP contribution in [0.1, 0.15) is 52.9 Å². The fourth-order valence-electron chi connectivity index (χ4n) is 2.94. The van der Waals surface area contributed by atoms with E-state index in [1.807, 2.05) is 19.0 Å². The SMILES string of the molecule is CCCCOC1CC(N(C)C(=O)CCCNC)C1(C)C.Cl. The molecule has 1 amide bonds. The highest BCUT2D eigenvalue weighted by Crippen LogP contribution is 2.45. The maximum Gasteiger partial charge on any atom is 0.222 e. The van der Waals surface area contributed by atoms with Gasteiger partial charge in [0.15, 0.2) is 0 Å². The van der Waals surface area contributed by atoms with Crippen molar-refractivity contribution in [2.45, 2.75) is 65.0 Å². The molecule has 2 unspecified atom stereocenters. The highest BCUT2D eigenvalue weighted by molar-refractivity contribution is 5.85. The third-order valence-corrected chi connectivity index (χ3v) is 4.62. The van der Waals surface area contributed by atoms with Gasteiger partial charge in [0, 0.05) is 31.5 Å². The van der Waals surface area contributed by atoms with Gasteiger partial charge in [-0.15, -0.1) is 12.4 Å². The first-order chi connectivity index (χ1) is 9.45. The van der Waals surface area contributed by atoms with Gasteiger partial charge in [0.05, 0.1) is 6.10 Å². The molecular formula is C16H33ClN2O2. The van der Waals surface area contributed by atoms with Gasteiger partial charge in [-0.3, -0.25) is 4.79 Å². The minimum atomic E-state index is 0. The summed E-state index contributed by atoms with van der Waals surface area (Å²) in [5.41, 5.74) is 0.0706. The van der Waals surface area contributed by atoms with E-state index in [4.69, 9.17) is 4.74 Å². The Morgan fingerprint density at radius 2 is 2.05 bits per heavy atom. The number of nitrogens with one attached hydrogen (secondary N) is 1. The predicted molar refractivity (Wildman–Crippen MR) is 90.0 cm³/mol. The Bertz CT molecular complexity index is 311. The van der Waals surface area contributed by atoms with Crippen molar-refractivity contribution in [3.05, 3.63) is 0 Å². The van der Waals surface area contributed by atoms with Gasteiger partial charge in [0.25, 0.3) is 0 Å². The molecule has 1 fully saturated rings. The third kappa shape index (κ3) is 5.42. The summed E-state index contributed by atoms with van der Waals surface area (Å²) in [7, 11) is 3.86. The maximum atomic E-state index is 12.2. The molecule has 0 radical (unpaired) electrons. The quantitative estimate of drug-likeness (QED) is 0.664. The van der Waals surface area contributed by atoms with Crippen LogP contribution in [-0.4, -0.2) is 50.2 Å². The highest BCUT2D eigenvalue weighted by Gasteiger charge is 2.51. The summed E-state index contributed by atoms with van der Waals surface area (Å²) >= 11 is 0. The average molecular weight is 321 g/mol. The Morgan fingerprint density at radius 1 is 1.38 bits per heavy atom. The minimum Gasteiger partial charge on any atom is -0.378 e. The van der Waals surface area contributed by atoms with Gasteiger partial charge in [0.2, 0.25) is 5.91 Å². The van der Waals surface area contributed by atoms with Gasteiger partial charge < -0.3 is 15.0 Å². The lowest BCUT2D eigenvalue weighted by Crippen LogP contribution is -2.62. The number of carbonyl (C=O) groups is 1. The number of amides is 1. The van der Waals surface area contributed by atoms with Crippen molar-refractivity contribution in [1.29, 1.82) is 0 Å². The summed E-state index contributed by atoms with van der Waals surface area (Å²) in [5, 5.41) is 3.08. The second kappa shape index (κ2) is 9.65. The van der Waals surface area contributed by atoms with Crippen LogP contribution in [0.2, 0.25) is 0 Å². The van der Waals surface area contributed by atoms with E-state index in [1.165, 1.54) is 6.42 Å². The fourth-order valence-corrected chi connectivity index (χ4v) is 2.94. The third-order valence-electron chi connectivity index (χ3n) is 4.62. The van der Waals surface area contributed by atoms with E-state index in [1.54, 1.807) is 0 Å². The number of unbranched alkanes of at least 4 members (excludes halogenated alkanes) is 1. The lowest BCUT2D eigenvalue weighted by molar-refractivity contribution is -0.164. The first-order valence-corrected chi connectivity index (χ1v) is 7.97. The van der Waals surface area contributed by atoms with Crippen LogP contribution in [0.4, 0.5) is 0 Å². The second-order valence-electron chi connectivity index (χ2n) is 6.50. The van der Waals surface area contributed by atoms with E-state index in [2.05, 4.69) is 26.1 Å². The molecule has 0 aromatic heterocycles. The molecule has 0 spiro atoms. The molecule has 1 aliphatic carbocycles. The molecule has 0 aliphatic heterocycles. The van der Waals surface area contributed by atoms with Crippen molar-refractivity contribution < 1.29 is 9.53 Å². The molecule has 0 heterocycles. The Hall–Kier alpha value is -0.320. The van der Waals surface area contributed by atoms with Crippen molar-refractivity contribution in [1.82, 2.24) is 10.2 Å². The summed E-state index contributed by atoms with van der Waals surface area (Å²) in [6.07, 6.45) is 5.10. The zero-order chi connectivity index (χ0) is 15.2. The van der Waals surface area contributed by atoms with E-state index >= 15 is 0 Å².